The molecule has 3 rings (SSSR count). The molecular weight excluding hydrogens is 440 g/mol. The zero-order chi connectivity index (χ0) is 20.1. The number of aryl methyl sites for hydroxylation is 1. The SMILES string of the molecule is Cc1cc(/C=N\NC(=O)CNc2ccc(Br)cc2)c(C)n1-c1cccc(Cl)c1. The third kappa shape index (κ3) is 5.03. The Hall–Kier alpha value is -2.57. The molecule has 1 heterocycles. The molecule has 0 fully saturated rings. The quantitative estimate of drug-likeness (QED) is 0.399. The van der Waals surface area contributed by atoms with Gasteiger partial charge in [0.1, 0.15) is 0 Å². The molecule has 0 spiro atoms. The molecule has 1 aromatic heterocycles. The van der Waals surface area contributed by atoms with Gasteiger partial charge >= 0.3 is 0 Å². The Balaban J connectivity index is 1.62. The van der Waals surface area contributed by atoms with Crippen molar-refractivity contribution in [2.75, 3.05) is 11.9 Å². The van der Waals surface area contributed by atoms with Crippen molar-refractivity contribution in [1.82, 2.24) is 9.99 Å². The zero-order valence-electron chi connectivity index (χ0n) is 15.5. The average molecular weight is 460 g/mol. The molecule has 5 nitrogen and oxygen atoms in total. The number of anilines is 1. The molecule has 0 radical (unpaired) electrons. The van der Waals surface area contributed by atoms with Crippen molar-refractivity contribution in [3.63, 3.8) is 0 Å². The number of hydrazone groups is 1. The number of benzene rings is 2. The predicted molar refractivity (Wildman–Crippen MR) is 119 cm³/mol. The van der Waals surface area contributed by atoms with Crippen LogP contribution in [0.15, 0.2) is 64.2 Å². The number of amides is 1. The van der Waals surface area contributed by atoms with Crippen LogP contribution in [0.25, 0.3) is 5.69 Å². The van der Waals surface area contributed by atoms with Crippen molar-refractivity contribution >= 4 is 45.3 Å². The summed E-state index contributed by atoms with van der Waals surface area (Å²) in [6.45, 7) is 4.17. The summed E-state index contributed by atoms with van der Waals surface area (Å²) in [5.74, 6) is -0.220. The van der Waals surface area contributed by atoms with E-state index in [1.165, 1.54) is 0 Å². The minimum atomic E-state index is -0.220. The van der Waals surface area contributed by atoms with Gasteiger partial charge in [-0.3, -0.25) is 4.79 Å². The Bertz CT molecular complexity index is 1010. The van der Waals surface area contributed by atoms with E-state index in [1.54, 1.807) is 6.21 Å². The molecular formula is C21H20BrClN4O. The van der Waals surface area contributed by atoms with Gasteiger partial charge in [-0.25, -0.2) is 5.43 Å². The molecule has 2 N–H and O–H groups in total. The third-order valence-corrected chi connectivity index (χ3v) is 4.99. The Morgan fingerprint density at radius 1 is 1.18 bits per heavy atom. The summed E-state index contributed by atoms with van der Waals surface area (Å²) in [6.07, 6.45) is 1.65. The molecule has 0 aliphatic rings. The van der Waals surface area contributed by atoms with Crippen molar-refractivity contribution in [2.45, 2.75) is 13.8 Å². The maximum atomic E-state index is 12.0. The number of hydrogen-bond donors (Lipinski definition) is 2. The highest BCUT2D eigenvalue weighted by atomic mass is 79.9. The first kappa shape index (κ1) is 20.2. The monoisotopic (exact) mass is 458 g/mol. The van der Waals surface area contributed by atoms with Crippen LogP contribution in [0.4, 0.5) is 5.69 Å². The van der Waals surface area contributed by atoms with Gasteiger partial charge in [0.2, 0.25) is 0 Å². The maximum absolute atomic E-state index is 12.0. The Kier molecular flexibility index (Phi) is 6.54. The van der Waals surface area contributed by atoms with E-state index in [9.17, 15) is 4.79 Å². The molecule has 0 saturated carbocycles. The minimum Gasteiger partial charge on any atom is -0.376 e. The standard InChI is InChI=1S/C21H20BrClN4O/c1-14-10-16(15(2)27(14)20-5-3-4-18(23)11-20)12-25-26-21(28)13-24-19-8-6-17(22)7-9-19/h3-12,24H,13H2,1-2H3,(H,26,28)/b25-12-. The highest BCUT2D eigenvalue weighted by molar-refractivity contribution is 9.10. The topological polar surface area (TPSA) is 58.4 Å². The number of carbonyl (C=O) groups is 1. The van der Waals surface area contributed by atoms with E-state index in [2.05, 4.69) is 36.3 Å². The van der Waals surface area contributed by atoms with Crippen LogP contribution in [0.2, 0.25) is 5.02 Å². The lowest BCUT2D eigenvalue weighted by molar-refractivity contribution is -0.119. The first-order valence-corrected chi connectivity index (χ1v) is 9.87. The summed E-state index contributed by atoms with van der Waals surface area (Å²) in [7, 11) is 0. The Morgan fingerprint density at radius 3 is 2.64 bits per heavy atom. The summed E-state index contributed by atoms with van der Waals surface area (Å²) in [6, 6.07) is 17.3. The largest absolute Gasteiger partial charge is 0.376 e. The van der Waals surface area contributed by atoms with Gasteiger partial charge in [0.25, 0.3) is 5.91 Å². The second-order valence-electron chi connectivity index (χ2n) is 6.30. The van der Waals surface area contributed by atoms with E-state index in [-0.39, 0.29) is 12.5 Å². The van der Waals surface area contributed by atoms with Crippen LogP contribution in [0, 0.1) is 13.8 Å². The lowest BCUT2D eigenvalue weighted by Gasteiger charge is -2.09. The summed E-state index contributed by atoms with van der Waals surface area (Å²) >= 11 is 9.49. The molecule has 2 aromatic carbocycles. The van der Waals surface area contributed by atoms with E-state index in [0.29, 0.717) is 5.02 Å². The van der Waals surface area contributed by atoms with Gasteiger partial charge in [-0.15, -0.1) is 0 Å². The number of carbonyl (C=O) groups excluding carboxylic acids is 1. The number of nitrogens with zero attached hydrogens (tertiary/aromatic N) is 2. The normalized spacial score (nSPS) is 11.0. The molecule has 0 unspecified atom stereocenters. The Morgan fingerprint density at radius 2 is 1.93 bits per heavy atom. The molecule has 0 aliphatic heterocycles. The van der Waals surface area contributed by atoms with E-state index < -0.39 is 0 Å². The van der Waals surface area contributed by atoms with E-state index in [0.717, 1.165) is 32.8 Å². The first-order chi connectivity index (χ1) is 13.4. The highest BCUT2D eigenvalue weighted by Crippen LogP contribution is 2.22. The summed E-state index contributed by atoms with van der Waals surface area (Å²) in [5, 5.41) is 7.82. The van der Waals surface area contributed by atoms with E-state index in [4.69, 9.17) is 11.6 Å². The van der Waals surface area contributed by atoms with Crippen molar-refractivity contribution in [3.05, 3.63) is 81.0 Å². The molecule has 0 bridgehead atoms. The van der Waals surface area contributed by atoms with Crippen molar-refractivity contribution in [1.29, 1.82) is 0 Å². The number of aromatic nitrogens is 1. The van der Waals surface area contributed by atoms with Gasteiger partial charge in [0.15, 0.2) is 0 Å². The summed E-state index contributed by atoms with van der Waals surface area (Å²) in [5.41, 5.74) is 7.41. The van der Waals surface area contributed by atoms with Crippen LogP contribution >= 0.6 is 27.5 Å². The van der Waals surface area contributed by atoms with Gasteiger partial charge in [0.05, 0.1) is 12.8 Å². The molecule has 1 amide bonds. The Labute approximate surface area is 177 Å². The number of hydrogen-bond acceptors (Lipinski definition) is 3. The van der Waals surface area contributed by atoms with Gasteiger partial charge in [-0.2, -0.15) is 5.10 Å². The number of halogens is 2. The van der Waals surface area contributed by atoms with Crippen molar-refractivity contribution in [3.8, 4) is 5.69 Å². The van der Waals surface area contributed by atoms with E-state index >= 15 is 0 Å². The van der Waals surface area contributed by atoms with Gasteiger partial charge in [-0.05, 0) is 62.4 Å². The lowest BCUT2D eigenvalue weighted by atomic mass is 10.2. The first-order valence-electron chi connectivity index (χ1n) is 8.70. The average Bonchev–Trinajstić information content (AvgIpc) is 2.95. The lowest BCUT2D eigenvalue weighted by Crippen LogP contribution is -2.25. The molecule has 144 valence electrons. The van der Waals surface area contributed by atoms with Crippen LogP contribution in [-0.4, -0.2) is 23.2 Å². The van der Waals surface area contributed by atoms with Gasteiger partial charge in [0, 0.05) is 37.8 Å². The second kappa shape index (κ2) is 9.08. The second-order valence-corrected chi connectivity index (χ2v) is 7.65. The minimum absolute atomic E-state index is 0.139. The zero-order valence-corrected chi connectivity index (χ0v) is 17.9. The van der Waals surface area contributed by atoms with Crippen LogP contribution in [-0.2, 0) is 4.79 Å². The highest BCUT2D eigenvalue weighted by Gasteiger charge is 2.10. The maximum Gasteiger partial charge on any atom is 0.259 e. The fourth-order valence-electron chi connectivity index (χ4n) is 2.89. The fraction of sp³-hybridized carbons (Fsp3) is 0.143. The predicted octanol–water partition coefficient (Wildman–Crippen LogP) is 5.07. The molecule has 7 heteroatoms. The van der Waals surface area contributed by atoms with Gasteiger partial charge in [-0.1, -0.05) is 33.6 Å². The molecule has 3 aromatic rings. The smallest absolute Gasteiger partial charge is 0.259 e. The molecule has 28 heavy (non-hydrogen) atoms. The summed E-state index contributed by atoms with van der Waals surface area (Å²) in [4.78, 5) is 12.0. The van der Waals surface area contributed by atoms with Gasteiger partial charge < -0.3 is 9.88 Å². The fourth-order valence-corrected chi connectivity index (χ4v) is 3.34. The molecule has 0 saturated heterocycles. The summed E-state index contributed by atoms with van der Waals surface area (Å²) < 4.78 is 3.09. The number of nitrogens with one attached hydrogen (secondary N) is 2. The third-order valence-electron chi connectivity index (χ3n) is 4.23. The van der Waals surface area contributed by atoms with Crippen LogP contribution in [0.3, 0.4) is 0 Å². The molecule has 0 atom stereocenters. The van der Waals surface area contributed by atoms with Crippen molar-refractivity contribution in [2.24, 2.45) is 5.10 Å². The van der Waals surface area contributed by atoms with Crippen molar-refractivity contribution < 1.29 is 4.79 Å². The van der Waals surface area contributed by atoms with E-state index in [1.807, 2.05) is 68.4 Å². The van der Waals surface area contributed by atoms with Crippen LogP contribution < -0.4 is 10.7 Å². The number of rotatable bonds is 6. The molecule has 0 aliphatic carbocycles. The van der Waals surface area contributed by atoms with Crippen LogP contribution in [0.1, 0.15) is 17.0 Å². The van der Waals surface area contributed by atoms with Crippen LogP contribution in [0.5, 0.6) is 0 Å².